The number of carboxylic acid groups (broad SMARTS) is 1. The van der Waals surface area contributed by atoms with Gasteiger partial charge in [-0.25, -0.2) is 32.1 Å². The maximum Gasteiger partial charge on any atom is 0.407 e. The monoisotopic (exact) mass is 542 g/mol. The Kier molecular flexibility index (Phi) is 7.31. The average molecular weight is 542 g/mol. The first-order valence-electron chi connectivity index (χ1n) is 11.6. The third kappa shape index (κ3) is 5.00. The SMILES string of the molecule is CC(C)N1C(=O)N(c2c(F)cc(NCCN(C)C(=O)O)cc2F)c2cc(C#N)cc(F)c2-c2cc(F)cnc21. The minimum atomic E-state index is -1.21. The highest BCUT2D eigenvalue weighted by atomic mass is 19.1. The molecule has 3 amide bonds. The molecular weight excluding hydrogens is 520 g/mol. The minimum absolute atomic E-state index is 0.0136. The lowest BCUT2D eigenvalue weighted by Crippen LogP contribution is -2.45. The number of pyridine rings is 1. The normalized spacial score (nSPS) is 12.5. The summed E-state index contributed by atoms with van der Waals surface area (Å²) in [6.07, 6.45) is -0.348. The number of rotatable bonds is 6. The molecule has 0 atom stereocenters. The van der Waals surface area contributed by atoms with E-state index in [9.17, 15) is 19.2 Å². The molecule has 1 aliphatic rings. The molecule has 39 heavy (non-hydrogen) atoms. The topological polar surface area (TPSA) is 113 Å². The van der Waals surface area contributed by atoms with Crippen LogP contribution >= 0.6 is 0 Å². The van der Waals surface area contributed by atoms with Crippen molar-refractivity contribution in [2.75, 3.05) is 35.3 Å². The van der Waals surface area contributed by atoms with Crippen LogP contribution in [0.1, 0.15) is 19.4 Å². The number of fused-ring (bicyclic) bond motifs is 3. The van der Waals surface area contributed by atoms with Crippen LogP contribution in [0.3, 0.4) is 0 Å². The number of nitrogens with one attached hydrogen (secondary N) is 1. The molecule has 0 bridgehead atoms. The largest absolute Gasteiger partial charge is 0.465 e. The Hall–Kier alpha value is -4.86. The predicted molar refractivity (Wildman–Crippen MR) is 135 cm³/mol. The summed E-state index contributed by atoms with van der Waals surface area (Å²) in [5.74, 6) is -4.41. The Bertz CT molecular complexity index is 1500. The summed E-state index contributed by atoms with van der Waals surface area (Å²) in [6, 6.07) is 4.77. The molecule has 0 saturated carbocycles. The van der Waals surface area contributed by atoms with Gasteiger partial charge in [0.15, 0.2) is 11.6 Å². The van der Waals surface area contributed by atoms with Crippen molar-refractivity contribution in [2.24, 2.45) is 0 Å². The second-order valence-electron chi connectivity index (χ2n) is 8.99. The zero-order valence-corrected chi connectivity index (χ0v) is 21.0. The summed E-state index contributed by atoms with van der Waals surface area (Å²) >= 11 is 0. The fourth-order valence-electron chi connectivity index (χ4n) is 4.24. The number of nitrogens with zero attached hydrogens (tertiary/aromatic N) is 5. The molecule has 3 aromatic rings. The van der Waals surface area contributed by atoms with Crippen molar-refractivity contribution < 1.29 is 32.3 Å². The van der Waals surface area contributed by atoms with Crippen LogP contribution in [0.4, 0.5) is 50.0 Å². The number of benzene rings is 2. The summed E-state index contributed by atoms with van der Waals surface area (Å²) in [5, 5.41) is 21.1. The van der Waals surface area contributed by atoms with Crippen LogP contribution in [0.2, 0.25) is 0 Å². The molecule has 2 heterocycles. The Morgan fingerprint density at radius 2 is 1.79 bits per heavy atom. The van der Waals surface area contributed by atoms with Gasteiger partial charge in [-0.2, -0.15) is 5.26 Å². The Balaban J connectivity index is 1.91. The average Bonchev–Trinajstić information content (AvgIpc) is 2.96. The molecule has 2 aromatic carbocycles. The summed E-state index contributed by atoms with van der Waals surface area (Å²) < 4.78 is 60.9. The third-order valence-electron chi connectivity index (χ3n) is 6.03. The molecule has 0 unspecified atom stereocenters. The lowest BCUT2D eigenvalue weighted by molar-refractivity contribution is 0.157. The van der Waals surface area contributed by atoms with Gasteiger partial charge in [-0.05, 0) is 44.2 Å². The van der Waals surface area contributed by atoms with Crippen molar-refractivity contribution in [2.45, 2.75) is 19.9 Å². The Morgan fingerprint density at radius 3 is 2.38 bits per heavy atom. The molecule has 0 fully saturated rings. The van der Waals surface area contributed by atoms with Gasteiger partial charge in [0.1, 0.15) is 23.1 Å². The van der Waals surface area contributed by atoms with Crippen molar-refractivity contribution in [3.05, 3.63) is 65.4 Å². The van der Waals surface area contributed by atoms with Crippen LogP contribution < -0.4 is 15.1 Å². The van der Waals surface area contributed by atoms with Gasteiger partial charge in [0.05, 0.1) is 23.5 Å². The fraction of sp³-hybridized carbons (Fsp3) is 0.231. The van der Waals surface area contributed by atoms with Crippen LogP contribution in [-0.4, -0.2) is 53.3 Å². The lowest BCUT2D eigenvalue weighted by Gasteiger charge is -2.31. The van der Waals surface area contributed by atoms with Crippen LogP contribution in [-0.2, 0) is 0 Å². The predicted octanol–water partition coefficient (Wildman–Crippen LogP) is 5.68. The van der Waals surface area contributed by atoms with Gasteiger partial charge in [-0.3, -0.25) is 9.80 Å². The van der Waals surface area contributed by atoms with E-state index in [1.807, 2.05) is 0 Å². The van der Waals surface area contributed by atoms with Crippen molar-refractivity contribution in [1.82, 2.24) is 9.88 Å². The smallest absolute Gasteiger partial charge is 0.407 e. The van der Waals surface area contributed by atoms with E-state index in [2.05, 4.69) is 10.3 Å². The third-order valence-corrected chi connectivity index (χ3v) is 6.03. The van der Waals surface area contributed by atoms with Crippen molar-refractivity contribution >= 4 is 35.0 Å². The van der Waals surface area contributed by atoms with Crippen LogP contribution in [0.25, 0.3) is 11.1 Å². The number of hydrogen-bond donors (Lipinski definition) is 2. The highest BCUT2D eigenvalue weighted by Gasteiger charge is 2.39. The second-order valence-corrected chi connectivity index (χ2v) is 8.99. The molecule has 0 radical (unpaired) electrons. The highest BCUT2D eigenvalue weighted by Crippen LogP contribution is 2.47. The van der Waals surface area contributed by atoms with Gasteiger partial charge in [0.2, 0.25) is 0 Å². The first-order valence-corrected chi connectivity index (χ1v) is 11.6. The molecule has 4 rings (SSSR count). The van der Waals surface area contributed by atoms with E-state index < -0.39 is 47.1 Å². The molecule has 0 saturated heterocycles. The number of carbonyl (C=O) groups is 2. The molecular formula is C26H22F4N6O3. The number of nitriles is 1. The zero-order valence-electron chi connectivity index (χ0n) is 21.0. The summed E-state index contributed by atoms with van der Waals surface area (Å²) in [6.45, 7) is 3.22. The summed E-state index contributed by atoms with van der Waals surface area (Å²) in [5.41, 5.74) is -2.03. The van der Waals surface area contributed by atoms with Crippen molar-refractivity contribution in [3.63, 3.8) is 0 Å². The molecule has 0 spiro atoms. The number of aromatic nitrogens is 1. The first-order chi connectivity index (χ1) is 18.4. The number of anilines is 4. The quantitative estimate of drug-likeness (QED) is 0.388. The van der Waals surface area contributed by atoms with E-state index in [4.69, 9.17) is 5.11 Å². The van der Waals surface area contributed by atoms with Crippen LogP contribution in [0.15, 0.2) is 36.5 Å². The number of amides is 3. The number of hydrogen-bond acceptors (Lipinski definition) is 5. The molecule has 1 aromatic heterocycles. The van der Waals surface area contributed by atoms with Gasteiger partial charge < -0.3 is 15.3 Å². The zero-order chi connectivity index (χ0) is 28.6. The van der Waals surface area contributed by atoms with Gasteiger partial charge in [0, 0.05) is 43.0 Å². The number of halogens is 4. The van der Waals surface area contributed by atoms with Gasteiger partial charge in [0.25, 0.3) is 0 Å². The van der Waals surface area contributed by atoms with E-state index in [1.165, 1.54) is 7.05 Å². The second kappa shape index (κ2) is 10.5. The highest BCUT2D eigenvalue weighted by molar-refractivity contribution is 6.15. The number of carbonyl (C=O) groups excluding carboxylic acids is 1. The molecule has 13 heteroatoms. The van der Waals surface area contributed by atoms with Gasteiger partial charge in [-0.1, -0.05) is 0 Å². The Morgan fingerprint density at radius 1 is 1.13 bits per heavy atom. The maximum absolute atomic E-state index is 15.6. The van der Waals surface area contributed by atoms with Crippen molar-refractivity contribution in [3.8, 4) is 17.2 Å². The minimum Gasteiger partial charge on any atom is -0.465 e. The summed E-state index contributed by atoms with van der Waals surface area (Å²) in [4.78, 5) is 31.5. The number of likely N-dealkylation sites (N-methyl/N-ethyl adjacent to an activating group) is 1. The van der Waals surface area contributed by atoms with Crippen LogP contribution in [0, 0.1) is 34.6 Å². The standard InChI is InChI=1S/C26H22F4N6O3/c1-13(2)35-24-17(8-15(27)12-33-24)22-18(28)6-14(11-31)7-21(22)36(25(35)37)23-19(29)9-16(10-20(23)30)32-4-5-34(3)26(38)39/h6-10,12-13,32H,4-5H2,1-3H3,(H,38,39). The number of urea groups is 1. The van der Waals surface area contributed by atoms with E-state index >= 15 is 13.2 Å². The molecule has 9 nitrogen and oxygen atoms in total. The fourth-order valence-corrected chi connectivity index (χ4v) is 4.24. The summed E-state index contributed by atoms with van der Waals surface area (Å²) in [7, 11) is 1.32. The lowest BCUT2D eigenvalue weighted by atomic mass is 10.00. The van der Waals surface area contributed by atoms with Gasteiger partial charge >= 0.3 is 12.1 Å². The first kappa shape index (κ1) is 27.2. The van der Waals surface area contributed by atoms with E-state index in [-0.39, 0.29) is 47.0 Å². The molecule has 0 aliphatic carbocycles. The van der Waals surface area contributed by atoms with E-state index in [1.54, 1.807) is 19.9 Å². The van der Waals surface area contributed by atoms with Crippen molar-refractivity contribution in [1.29, 1.82) is 5.26 Å². The Labute approximate surface area is 220 Å². The van der Waals surface area contributed by atoms with Crippen LogP contribution in [0.5, 0.6) is 0 Å². The molecule has 2 N–H and O–H groups in total. The molecule has 1 aliphatic heterocycles. The molecule has 202 valence electrons. The van der Waals surface area contributed by atoms with E-state index in [0.717, 1.165) is 46.3 Å². The van der Waals surface area contributed by atoms with E-state index in [0.29, 0.717) is 4.90 Å². The maximum atomic E-state index is 15.6. The van der Waals surface area contributed by atoms with Gasteiger partial charge in [-0.15, -0.1) is 0 Å².